The fraction of sp³-hybridized carbons (Fsp3) is 0.235. The number of nitrogens with one attached hydrogen (secondary N) is 2. The van der Waals surface area contributed by atoms with Crippen molar-refractivity contribution in [1.29, 1.82) is 0 Å². The van der Waals surface area contributed by atoms with E-state index in [-0.39, 0.29) is 10.6 Å². The molecule has 0 amide bonds. The van der Waals surface area contributed by atoms with Crippen LogP contribution in [0.5, 0.6) is 0 Å². The number of aryl methyl sites for hydroxylation is 2. The van der Waals surface area contributed by atoms with Gasteiger partial charge in [0.15, 0.2) is 0 Å². The van der Waals surface area contributed by atoms with E-state index in [1.54, 1.807) is 6.20 Å². The summed E-state index contributed by atoms with van der Waals surface area (Å²) >= 11 is 6.20. The van der Waals surface area contributed by atoms with Gasteiger partial charge in [-0.1, -0.05) is 29.8 Å². The summed E-state index contributed by atoms with van der Waals surface area (Å²) in [4.78, 5) is 12.4. The maximum atomic E-state index is 12.4. The number of hydrogen-bond acceptors (Lipinski definition) is 4. The Morgan fingerprint density at radius 1 is 1.25 bits per heavy atom. The van der Waals surface area contributed by atoms with E-state index in [1.165, 1.54) is 10.2 Å². The van der Waals surface area contributed by atoms with Gasteiger partial charge >= 0.3 is 0 Å². The van der Waals surface area contributed by atoms with Gasteiger partial charge in [0.1, 0.15) is 5.02 Å². The van der Waals surface area contributed by atoms with Gasteiger partial charge in [0.05, 0.1) is 23.8 Å². The van der Waals surface area contributed by atoms with Crippen LogP contribution in [0, 0.1) is 6.92 Å². The minimum absolute atomic E-state index is 0.147. The summed E-state index contributed by atoms with van der Waals surface area (Å²) in [6.45, 7) is 2.70. The summed E-state index contributed by atoms with van der Waals surface area (Å²) in [5, 5.41) is 14.4. The second kappa shape index (κ2) is 7.31. The largest absolute Gasteiger partial charge is 0.382 e. The summed E-state index contributed by atoms with van der Waals surface area (Å²) in [5.74, 6) is 0. The van der Waals surface area contributed by atoms with Gasteiger partial charge in [-0.05, 0) is 37.5 Å². The fourth-order valence-corrected chi connectivity index (χ4v) is 2.63. The van der Waals surface area contributed by atoms with Crippen molar-refractivity contribution in [3.8, 4) is 5.69 Å². The molecule has 6 nitrogen and oxygen atoms in total. The Balaban J connectivity index is 1.66. The molecule has 0 aliphatic carbocycles. The molecular weight excluding hydrogens is 326 g/mol. The molecule has 0 fully saturated rings. The lowest BCUT2D eigenvalue weighted by molar-refractivity contribution is 0.802. The predicted molar refractivity (Wildman–Crippen MR) is 95.0 cm³/mol. The Kier molecular flexibility index (Phi) is 4.96. The molecule has 2 aromatic heterocycles. The second-order valence-electron chi connectivity index (χ2n) is 5.48. The Morgan fingerprint density at radius 3 is 2.75 bits per heavy atom. The van der Waals surface area contributed by atoms with Crippen LogP contribution in [0.3, 0.4) is 0 Å². The van der Waals surface area contributed by atoms with Crippen LogP contribution < -0.4 is 10.9 Å². The number of aromatic amines is 1. The number of halogens is 1. The molecule has 2 heterocycles. The summed E-state index contributed by atoms with van der Waals surface area (Å²) in [7, 11) is 0. The van der Waals surface area contributed by atoms with Crippen LogP contribution in [0.15, 0.2) is 47.5 Å². The van der Waals surface area contributed by atoms with E-state index < -0.39 is 0 Å². The first-order valence-corrected chi connectivity index (χ1v) is 8.10. The maximum absolute atomic E-state index is 12.4. The van der Waals surface area contributed by atoms with E-state index in [2.05, 4.69) is 20.6 Å². The molecule has 0 aliphatic heterocycles. The number of rotatable bonds is 6. The Hall–Kier alpha value is -2.60. The summed E-state index contributed by atoms with van der Waals surface area (Å²) in [6, 6.07) is 9.20. The topological polar surface area (TPSA) is 75.6 Å². The smallest absolute Gasteiger partial charge is 0.292 e. The number of benzene rings is 1. The number of nitrogens with zero attached hydrogens (tertiary/aromatic N) is 3. The van der Waals surface area contributed by atoms with Gasteiger partial charge in [0.2, 0.25) is 0 Å². The number of H-pyrrole nitrogens is 1. The minimum atomic E-state index is -0.335. The van der Waals surface area contributed by atoms with Crippen molar-refractivity contribution in [2.45, 2.75) is 19.8 Å². The zero-order valence-electron chi connectivity index (χ0n) is 13.3. The molecule has 0 aliphatic rings. The van der Waals surface area contributed by atoms with Crippen LogP contribution in [0.1, 0.15) is 17.7 Å². The highest BCUT2D eigenvalue weighted by atomic mass is 35.5. The molecule has 3 aromatic rings. The first-order valence-electron chi connectivity index (χ1n) is 7.73. The van der Waals surface area contributed by atoms with Crippen molar-refractivity contribution in [3.05, 3.63) is 69.4 Å². The minimum Gasteiger partial charge on any atom is -0.382 e. The third-order valence-electron chi connectivity index (χ3n) is 3.79. The fourth-order valence-electron chi connectivity index (χ4n) is 2.44. The van der Waals surface area contributed by atoms with Crippen molar-refractivity contribution >= 4 is 17.3 Å². The summed E-state index contributed by atoms with van der Waals surface area (Å²) in [5.41, 5.74) is 3.18. The molecule has 0 atom stereocenters. The molecule has 0 saturated heterocycles. The lowest BCUT2D eigenvalue weighted by Crippen LogP contribution is -2.22. The molecular formula is C17H18ClN5O. The number of para-hydroxylation sites is 1. The van der Waals surface area contributed by atoms with Crippen LogP contribution in [0.4, 0.5) is 5.69 Å². The van der Waals surface area contributed by atoms with Crippen molar-refractivity contribution in [1.82, 2.24) is 20.0 Å². The molecule has 24 heavy (non-hydrogen) atoms. The van der Waals surface area contributed by atoms with Crippen molar-refractivity contribution in [3.63, 3.8) is 0 Å². The van der Waals surface area contributed by atoms with Gasteiger partial charge in [-0.15, -0.1) is 0 Å². The van der Waals surface area contributed by atoms with Crippen LogP contribution in [-0.2, 0) is 6.42 Å². The number of anilines is 1. The molecule has 1 aromatic carbocycles. The van der Waals surface area contributed by atoms with E-state index >= 15 is 0 Å². The Bertz CT molecular complexity index is 872. The Morgan fingerprint density at radius 2 is 2.04 bits per heavy atom. The van der Waals surface area contributed by atoms with Crippen molar-refractivity contribution in [2.75, 3.05) is 11.9 Å². The zero-order chi connectivity index (χ0) is 16.9. The summed E-state index contributed by atoms with van der Waals surface area (Å²) < 4.78 is 1.29. The van der Waals surface area contributed by atoms with E-state index in [1.807, 2.05) is 43.5 Å². The molecule has 2 N–H and O–H groups in total. The SMILES string of the molecule is Cc1[nH]ncc1CCCNc1cnn(-c2ccccc2)c(=O)c1Cl. The molecule has 0 spiro atoms. The molecule has 0 bridgehead atoms. The normalized spacial score (nSPS) is 10.8. The molecule has 0 saturated carbocycles. The van der Waals surface area contributed by atoms with Gasteiger partial charge in [0.25, 0.3) is 5.56 Å². The third kappa shape index (κ3) is 3.49. The van der Waals surface area contributed by atoms with Crippen LogP contribution in [0.25, 0.3) is 5.69 Å². The predicted octanol–water partition coefficient (Wildman–Crippen LogP) is 2.96. The van der Waals surface area contributed by atoms with Crippen molar-refractivity contribution in [2.24, 2.45) is 0 Å². The average Bonchev–Trinajstić information content (AvgIpc) is 3.01. The monoisotopic (exact) mass is 343 g/mol. The lowest BCUT2D eigenvalue weighted by atomic mass is 10.1. The highest BCUT2D eigenvalue weighted by molar-refractivity contribution is 6.32. The van der Waals surface area contributed by atoms with E-state index in [0.717, 1.165) is 18.5 Å². The van der Waals surface area contributed by atoms with E-state index in [4.69, 9.17) is 11.6 Å². The number of hydrogen-bond donors (Lipinski definition) is 2. The van der Waals surface area contributed by atoms with Gasteiger partial charge < -0.3 is 5.32 Å². The third-order valence-corrected chi connectivity index (χ3v) is 4.16. The van der Waals surface area contributed by atoms with E-state index in [0.29, 0.717) is 17.9 Å². The number of aromatic nitrogens is 4. The second-order valence-corrected chi connectivity index (χ2v) is 5.85. The highest BCUT2D eigenvalue weighted by Crippen LogP contribution is 2.17. The van der Waals surface area contributed by atoms with Crippen molar-refractivity contribution < 1.29 is 0 Å². The zero-order valence-corrected chi connectivity index (χ0v) is 14.0. The molecule has 3 rings (SSSR count). The maximum Gasteiger partial charge on any atom is 0.292 e. The van der Waals surface area contributed by atoms with Gasteiger partial charge in [-0.2, -0.15) is 14.9 Å². The first-order chi connectivity index (χ1) is 11.7. The van der Waals surface area contributed by atoms with E-state index in [9.17, 15) is 4.79 Å². The quantitative estimate of drug-likeness (QED) is 0.675. The molecule has 0 unspecified atom stereocenters. The van der Waals surface area contributed by atoms with Crippen LogP contribution in [0.2, 0.25) is 5.02 Å². The lowest BCUT2D eigenvalue weighted by Gasteiger charge is -2.10. The first kappa shape index (κ1) is 16.3. The van der Waals surface area contributed by atoms with Gasteiger partial charge in [-0.3, -0.25) is 9.89 Å². The summed E-state index contributed by atoms with van der Waals surface area (Å²) in [6.07, 6.45) is 5.23. The standard InChI is InChI=1S/C17H18ClN5O/c1-12-13(10-20-22-12)6-5-9-19-15-11-21-23(17(24)16(15)18)14-7-3-2-4-8-14/h2-4,7-8,10-11,19H,5-6,9H2,1H3,(H,20,22). The highest BCUT2D eigenvalue weighted by Gasteiger charge is 2.10. The van der Waals surface area contributed by atoms with Crippen LogP contribution >= 0.6 is 11.6 Å². The Labute approximate surface area is 144 Å². The molecule has 7 heteroatoms. The molecule has 0 radical (unpaired) electrons. The van der Waals surface area contributed by atoms with Gasteiger partial charge in [-0.25, -0.2) is 0 Å². The molecule has 124 valence electrons. The van der Waals surface area contributed by atoms with Crippen LogP contribution in [-0.4, -0.2) is 26.5 Å². The average molecular weight is 344 g/mol. The van der Waals surface area contributed by atoms with Gasteiger partial charge in [0, 0.05) is 12.2 Å².